The van der Waals surface area contributed by atoms with Crippen LogP contribution in [0.5, 0.6) is 0 Å². The van der Waals surface area contributed by atoms with Crippen molar-refractivity contribution >= 4 is 28.5 Å². The number of amides is 2. The lowest BCUT2D eigenvalue weighted by atomic mass is 10.0. The molecule has 9 nitrogen and oxygen atoms in total. The summed E-state index contributed by atoms with van der Waals surface area (Å²) in [5.41, 5.74) is 2.62. The van der Waals surface area contributed by atoms with Crippen molar-refractivity contribution in [1.29, 1.82) is 0 Å². The van der Waals surface area contributed by atoms with Gasteiger partial charge in [0.25, 0.3) is 5.91 Å². The minimum absolute atomic E-state index is 0.201. The molecule has 0 saturated carbocycles. The number of carbonyl (C=O) groups excluding carboxylic acids is 2. The maximum absolute atomic E-state index is 12.5. The quantitative estimate of drug-likeness (QED) is 0.312. The normalized spacial score (nSPS) is 13.5. The molecule has 2 atom stereocenters. The number of nitrogens with one attached hydrogen (secondary N) is 4. The molecule has 3 aromatic heterocycles. The van der Waals surface area contributed by atoms with Crippen LogP contribution in [0.4, 0.5) is 18.9 Å². The number of carbonyl (C=O) groups is 2. The third-order valence-corrected chi connectivity index (χ3v) is 5.23. The average Bonchev–Trinajstić information content (AvgIpc) is 3.23. The summed E-state index contributed by atoms with van der Waals surface area (Å²) >= 11 is 0. The van der Waals surface area contributed by atoms with Crippen LogP contribution in [0.1, 0.15) is 31.1 Å². The molecule has 0 aliphatic carbocycles. The molecular weight excluding hydrogens is 465 g/mol. The van der Waals surface area contributed by atoms with Crippen molar-refractivity contribution in [3.05, 3.63) is 42.5 Å². The second-order valence-corrected chi connectivity index (χ2v) is 8.54. The zero-order valence-electron chi connectivity index (χ0n) is 19.4. The number of hydrogen-bond acceptors (Lipinski definition) is 6. The van der Waals surface area contributed by atoms with Gasteiger partial charge in [0.05, 0.1) is 17.9 Å². The number of aromatic nitrogens is 3. The van der Waals surface area contributed by atoms with Crippen LogP contribution < -0.4 is 16.0 Å². The molecule has 12 heteroatoms. The summed E-state index contributed by atoms with van der Waals surface area (Å²) in [6, 6.07) is 2.04. The van der Waals surface area contributed by atoms with Gasteiger partial charge < -0.3 is 26.0 Å². The Morgan fingerprint density at radius 3 is 2.54 bits per heavy atom. The molecule has 0 fully saturated rings. The Morgan fingerprint density at radius 1 is 1.14 bits per heavy atom. The number of nitrogens with zero attached hydrogens (tertiary/aromatic N) is 2. The Morgan fingerprint density at radius 2 is 1.89 bits per heavy atom. The smallest absolute Gasteiger partial charge is 0.394 e. The van der Waals surface area contributed by atoms with Crippen molar-refractivity contribution in [2.45, 2.75) is 39.0 Å². The summed E-state index contributed by atoms with van der Waals surface area (Å²) in [5, 5.41) is 17.4. The Bertz CT molecular complexity index is 1190. The van der Waals surface area contributed by atoms with Crippen LogP contribution >= 0.6 is 0 Å². The largest absolute Gasteiger partial charge is 0.405 e. The molecule has 188 valence electrons. The predicted octanol–water partition coefficient (Wildman–Crippen LogP) is 2.85. The minimum atomic E-state index is -4.51. The maximum atomic E-state index is 12.5. The van der Waals surface area contributed by atoms with Gasteiger partial charge in [-0.2, -0.15) is 13.2 Å². The number of hydrogen-bond donors (Lipinski definition) is 5. The zero-order valence-corrected chi connectivity index (χ0v) is 19.4. The lowest BCUT2D eigenvalue weighted by Crippen LogP contribution is -2.46. The van der Waals surface area contributed by atoms with Crippen molar-refractivity contribution < 1.29 is 27.9 Å². The standard InChI is InChI=1S/C23H27F3N6O3/c1-12(2)19(22(35)30-11-23(24,25)26)32-16-4-14(6-27-8-16)18-9-29-20-17(18)5-15(7-28-20)21(34)31-13(3)10-33/h4-9,12-13,19,32-33H,10-11H2,1-3H3,(H,28,29)(H,30,35)(H,31,34)/t13?,19-/m1/s1. The molecule has 0 aromatic carbocycles. The van der Waals surface area contributed by atoms with Gasteiger partial charge in [-0.25, -0.2) is 4.98 Å². The summed E-state index contributed by atoms with van der Waals surface area (Å²) in [6.07, 6.45) is 1.67. The summed E-state index contributed by atoms with van der Waals surface area (Å²) in [7, 11) is 0. The molecule has 3 rings (SSSR count). The van der Waals surface area contributed by atoms with Crippen LogP contribution in [-0.2, 0) is 4.79 Å². The number of aliphatic hydroxyl groups is 1. The molecule has 5 N–H and O–H groups in total. The van der Waals surface area contributed by atoms with Gasteiger partial charge in [0, 0.05) is 47.3 Å². The van der Waals surface area contributed by atoms with Crippen LogP contribution in [0, 0.1) is 5.92 Å². The highest BCUT2D eigenvalue weighted by Gasteiger charge is 2.30. The number of aromatic amines is 1. The van der Waals surface area contributed by atoms with Gasteiger partial charge in [0.15, 0.2) is 0 Å². The van der Waals surface area contributed by atoms with E-state index in [1.807, 2.05) is 5.32 Å². The van der Waals surface area contributed by atoms with E-state index in [2.05, 4.69) is 25.6 Å². The van der Waals surface area contributed by atoms with E-state index in [0.717, 1.165) is 0 Å². The van der Waals surface area contributed by atoms with E-state index in [0.29, 0.717) is 33.4 Å². The Hall–Kier alpha value is -3.67. The highest BCUT2D eigenvalue weighted by Crippen LogP contribution is 2.30. The number of aliphatic hydroxyl groups excluding tert-OH is 1. The van der Waals surface area contributed by atoms with Crippen LogP contribution in [0.15, 0.2) is 36.9 Å². The number of H-pyrrole nitrogens is 1. The van der Waals surface area contributed by atoms with Crippen LogP contribution in [0.25, 0.3) is 22.2 Å². The molecule has 3 aromatic rings. The second-order valence-electron chi connectivity index (χ2n) is 8.54. The summed E-state index contributed by atoms with van der Waals surface area (Å²) in [5.74, 6) is -1.45. The van der Waals surface area contributed by atoms with Crippen molar-refractivity contribution in [3.63, 3.8) is 0 Å². The molecule has 0 aliphatic rings. The van der Waals surface area contributed by atoms with E-state index in [1.165, 1.54) is 12.4 Å². The molecule has 3 heterocycles. The number of anilines is 1. The molecule has 0 aliphatic heterocycles. The highest BCUT2D eigenvalue weighted by molar-refractivity contribution is 6.01. The van der Waals surface area contributed by atoms with Gasteiger partial charge in [0.2, 0.25) is 5.91 Å². The average molecular weight is 493 g/mol. The van der Waals surface area contributed by atoms with Gasteiger partial charge in [-0.1, -0.05) is 13.8 Å². The Kier molecular flexibility index (Phi) is 7.95. The molecule has 0 saturated heterocycles. The van der Waals surface area contributed by atoms with Gasteiger partial charge in [-0.3, -0.25) is 14.6 Å². The first kappa shape index (κ1) is 25.9. The zero-order chi connectivity index (χ0) is 25.8. The van der Waals surface area contributed by atoms with Crippen LogP contribution in [0.3, 0.4) is 0 Å². The van der Waals surface area contributed by atoms with Crippen molar-refractivity contribution in [2.75, 3.05) is 18.5 Å². The number of halogens is 3. The summed E-state index contributed by atoms with van der Waals surface area (Å²) in [6.45, 7) is 3.50. The van der Waals surface area contributed by atoms with E-state index in [1.54, 1.807) is 45.3 Å². The predicted molar refractivity (Wildman–Crippen MR) is 125 cm³/mol. The van der Waals surface area contributed by atoms with Gasteiger partial charge in [0.1, 0.15) is 18.2 Å². The van der Waals surface area contributed by atoms with Crippen molar-refractivity contribution in [1.82, 2.24) is 25.6 Å². The summed E-state index contributed by atoms with van der Waals surface area (Å²) < 4.78 is 37.5. The molecule has 2 amide bonds. The first-order valence-electron chi connectivity index (χ1n) is 10.9. The fourth-order valence-corrected chi connectivity index (χ4v) is 3.40. The molecule has 0 spiro atoms. The maximum Gasteiger partial charge on any atom is 0.405 e. The number of alkyl halides is 3. The fourth-order valence-electron chi connectivity index (χ4n) is 3.40. The SMILES string of the molecule is CC(CO)NC(=O)c1cnc2[nH]cc(-c3cncc(N[C@@H](C(=O)NCC(F)(F)F)C(C)C)c3)c2c1. The topological polar surface area (TPSA) is 132 Å². The van der Waals surface area contributed by atoms with Gasteiger partial charge in [-0.15, -0.1) is 0 Å². The first-order valence-corrected chi connectivity index (χ1v) is 10.9. The third kappa shape index (κ3) is 6.69. The van der Waals surface area contributed by atoms with Crippen LogP contribution in [-0.4, -0.2) is 63.3 Å². The third-order valence-electron chi connectivity index (χ3n) is 5.23. The lowest BCUT2D eigenvalue weighted by Gasteiger charge is -2.23. The molecular formula is C23H27F3N6O3. The van der Waals surface area contributed by atoms with E-state index in [9.17, 15) is 22.8 Å². The highest BCUT2D eigenvalue weighted by atomic mass is 19.4. The van der Waals surface area contributed by atoms with Crippen molar-refractivity contribution in [3.8, 4) is 11.1 Å². The lowest BCUT2D eigenvalue weighted by molar-refractivity contribution is -0.139. The Labute approximate surface area is 199 Å². The number of pyridine rings is 2. The summed E-state index contributed by atoms with van der Waals surface area (Å²) in [4.78, 5) is 36.3. The van der Waals surface area contributed by atoms with E-state index < -0.39 is 30.7 Å². The molecule has 0 radical (unpaired) electrons. The minimum Gasteiger partial charge on any atom is -0.394 e. The second kappa shape index (κ2) is 10.7. The van der Waals surface area contributed by atoms with Crippen molar-refractivity contribution in [2.24, 2.45) is 5.92 Å². The first-order chi connectivity index (χ1) is 16.5. The van der Waals surface area contributed by atoms with E-state index in [-0.39, 0.29) is 18.4 Å². The monoisotopic (exact) mass is 492 g/mol. The number of rotatable bonds is 9. The van der Waals surface area contributed by atoms with E-state index in [4.69, 9.17) is 5.11 Å². The molecule has 35 heavy (non-hydrogen) atoms. The number of fused-ring (bicyclic) bond motifs is 1. The van der Waals surface area contributed by atoms with Crippen LogP contribution in [0.2, 0.25) is 0 Å². The van der Waals surface area contributed by atoms with E-state index >= 15 is 0 Å². The van der Waals surface area contributed by atoms with Gasteiger partial charge >= 0.3 is 6.18 Å². The Balaban J connectivity index is 1.86. The molecule has 1 unspecified atom stereocenters. The fraction of sp³-hybridized carbons (Fsp3) is 0.391. The van der Waals surface area contributed by atoms with Gasteiger partial charge in [-0.05, 0) is 25.0 Å². The molecule has 0 bridgehead atoms.